The van der Waals surface area contributed by atoms with Crippen LogP contribution in [0.5, 0.6) is 5.75 Å². The summed E-state index contributed by atoms with van der Waals surface area (Å²) < 4.78 is 39.3. The van der Waals surface area contributed by atoms with Gasteiger partial charge < -0.3 is 19.5 Å². The molecule has 0 saturated carbocycles. The zero-order valence-electron chi connectivity index (χ0n) is 24.3. The first-order valence-electron chi connectivity index (χ1n) is 14.6. The molecule has 0 bridgehead atoms. The van der Waals surface area contributed by atoms with E-state index in [1.54, 1.807) is 77.7 Å². The highest BCUT2D eigenvalue weighted by atomic mass is 32.2. The minimum atomic E-state index is -3.77. The van der Waals surface area contributed by atoms with Crippen LogP contribution in [0.2, 0.25) is 0 Å². The van der Waals surface area contributed by atoms with Crippen LogP contribution in [-0.4, -0.2) is 67.8 Å². The van der Waals surface area contributed by atoms with Crippen molar-refractivity contribution in [2.75, 3.05) is 32.1 Å². The summed E-state index contributed by atoms with van der Waals surface area (Å²) in [6, 6.07) is 22.4. The molecule has 1 fully saturated rings. The topological polar surface area (TPSA) is 154 Å². The Kier molecular flexibility index (Phi) is 9.84. The number of carbonyl (C=O) groups excluding carboxylic acids is 1. The van der Waals surface area contributed by atoms with E-state index in [0.29, 0.717) is 48.6 Å². The molecule has 2 aliphatic heterocycles. The van der Waals surface area contributed by atoms with Crippen LogP contribution in [-0.2, 0) is 25.9 Å². The molecule has 1 saturated heterocycles. The van der Waals surface area contributed by atoms with Gasteiger partial charge in [0.1, 0.15) is 5.75 Å². The number of likely N-dealkylation sites (tertiary alicyclic amines) is 1. The molecule has 5 rings (SSSR count). The predicted octanol–water partition coefficient (Wildman–Crippen LogP) is 5.00. The Balaban J connectivity index is 1.60. The molecular formula is C32H35N5O6S. The summed E-state index contributed by atoms with van der Waals surface area (Å²) in [6.07, 6.45) is 1.10. The van der Waals surface area contributed by atoms with E-state index in [4.69, 9.17) is 25.1 Å². The number of amides is 1. The third-order valence-electron chi connectivity index (χ3n) is 7.90. The van der Waals surface area contributed by atoms with Crippen molar-refractivity contribution in [3.8, 4) is 5.75 Å². The molecule has 3 aromatic carbocycles. The van der Waals surface area contributed by atoms with Crippen molar-refractivity contribution in [3.05, 3.63) is 106 Å². The predicted molar refractivity (Wildman–Crippen MR) is 165 cm³/mol. The SMILES string of the molecule is [N-]=[N+]=NCc1ccccc1[C@H]1OC(c2ccc(OCCCO)cc2)=N[C@@]1(CCS(=O)(=O)c1ccccc1)C(=O)N1CCCC1. The van der Waals surface area contributed by atoms with Crippen LogP contribution in [0.25, 0.3) is 10.4 Å². The number of carbonyl (C=O) groups is 1. The van der Waals surface area contributed by atoms with Gasteiger partial charge in [-0.25, -0.2) is 13.4 Å². The Bertz CT molecular complexity index is 1640. The summed E-state index contributed by atoms with van der Waals surface area (Å²) in [7, 11) is -3.77. The van der Waals surface area contributed by atoms with Gasteiger partial charge in [0.05, 0.1) is 23.8 Å². The fourth-order valence-electron chi connectivity index (χ4n) is 5.60. The summed E-state index contributed by atoms with van der Waals surface area (Å²) in [6.45, 7) is 1.50. The number of aliphatic hydroxyl groups excluding tert-OH is 1. The summed E-state index contributed by atoms with van der Waals surface area (Å²) in [5, 5.41) is 12.8. The molecule has 1 amide bonds. The van der Waals surface area contributed by atoms with Crippen LogP contribution in [0.3, 0.4) is 0 Å². The van der Waals surface area contributed by atoms with E-state index in [0.717, 1.165) is 12.8 Å². The smallest absolute Gasteiger partial charge is 0.254 e. The van der Waals surface area contributed by atoms with Crippen molar-refractivity contribution in [1.29, 1.82) is 0 Å². The second-order valence-corrected chi connectivity index (χ2v) is 12.9. The van der Waals surface area contributed by atoms with Crippen LogP contribution in [0.4, 0.5) is 0 Å². The number of aliphatic hydroxyl groups is 1. The molecule has 2 atom stereocenters. The molecule has 12 heteroatoms. The fourth-order valence-corrected chi connectivity index (χ4v) is 6.99. The molecule has 2 heterocycles. The molecule has 2 aliphatic rings. The Morgan fingerprint density at radius 3 is 2.48 bits per heavy atom. The fraction of sp³-hybridized carbons (Fsp3) is 0.375. The molecule has 44 heavy (non-hydrogen) atoms. The molecule has 0 radical (unpaired) electrons. The van der Waals surface area contributed by atoms with Gasteiger partial charge in [-0.2, -0.15) is 0 Å². The van der Waals surface area contributed by atoms with Gasteiger partial charge in [0.25, 0.3) is 5.91 Å². The monoisotopic (exact) mass is 617 g/mol. The third-order valence-corrected chi connectivity index (χ3v) is 9.63. The van der Waals surface area contributed by atoms with Gasteiger partial charge in [-0.05, 0) is 65.9 Å². The van der Waals surface area contributed by atoms with E-state index in [9.17, 15) is 13.2 Å². The molecule has 3 aromatic rings. The largest absolute Gasteiger partial charge is 0.494 e. The van der Waals surface area contributed by atoms with Gasteiger partial charge >= 0.3 is 0 Å². The van der Waals surface area contributed by atoms with Gasteiger partial charge in [0.2, 0.25) is 5.90 Å². The van der Waals surface area contributed by atoms with Crippen LogP contribution in [0, 0.1) is 0 Å². The van der Waals surface area contributed by atoms with Gasteiger partial charge in [0.15, 0.2) is 21.5 Å². The maximum atomic E-state index is 14.5. The maximum absolute atomic E-state index is 14.5. The second-order valence-electron chi connectivity index (χ2n) is 10.8. The number of ether oxygens (including phenoxy) is 2. The lowest BCUT2D eigenvalue weighted by Crippen LogP contribution is -2.50. The average Bonchev–Trinajstić information content (AvgIpc) is 3.73. The van der Waals surface area contributed by atoms with Crippen LogP contribution in [0.15, 0.2) is 93.9 Å². The highest BCUT2D eigenvalue weighted by Gasteiger charge is 2.55. The Labute approximate surface area is 256 Å². The number of benzene rings is 3. The molecule has 0 unspecified atom stereocenters. The minimum Gasteiger partial charge on any atom is -0.494 e. The number of hydrogen-bond donors (Lipinski definition) is 1. The van der Waals surface area contributed by atoms with Crippen molar-refractivity contribution in [3.63, 3.8) is 0 Å². The van der Waals surface area contributed by atoms with E-state index in [1.165, 1.54) is 0 Å². The van der Waals surface area contributed by atoms with Crippen LogP contribution < -0.4 is 4.74 Å². The number of aliphatic imine (C=N–C) groups is 1. The van der Waals surface area contributed by atoms with Crippen molar-refractivity contribution in [2.24, 2.45) is 10.1 Å². The highest BCUT2D eigenvalue weighted by Crippen LogP contribution is 2.45. The molecule has 0 aliphatic carbocycles. The lowest BCUT2D eigenvalue weighted by atomic mass is 9.83. The highest BCUT2D eigenvalue weighted by molar-refractivity contribution is 7.91. The standard InChI is InChI=1S/C32H35N5O6S/c33-36-34-23-25-9-4-5-12-28(25)29-32(31(39)37-18-6-7-19-37,17-22-44(40,41)27-10-2-1-3-11-27)35-30(43-29)24-13-15-26(16-14-24)42-21-8-20-38/h1-5,9-16,29,38H,6-8,17-23H2/t29-,32-/m1/s1. The maximum Gasteiger partial charge on any atom is 0.254 e. The lowest BCUT2D eigenvalue weighted by molar-refractivity contribution is -0.138. The lowest BCUT2D eigenvalue weighted by Gasteiger charge is -2.34. The van der Waals surface area contributed by atoms with E-state index in [-0.39, 0.29) is 42.0 Å². The normalized spacial score (nSPS) is 19.6. The Hall–Kier alpha value is -4.38. The minimum absolute atomic E-state index is 0.0258. The molecule has 1 N–H and O–H groups in total. The van der Waals surface area contributed by atoms with E-state index in [2.05, 4.69) is 10.0 Å². The average molecular weight is 618 g/mol. The quantitative estimate of drug-likeness (QED) is 0.123. The molecular weight excluding hydrogens is 582 g/mol. The van der Waals surface area contributed by atoms with Crippen LogP contribution >= 0.6 is 0 Å². The van der Waals surface area contributed by atoms with E-state index in [1.807, 2.05) is 6.07 Å². The molecule has 0 aromatic heterocycles. The van der Waals surface area contributed by atoms with Crippen molar-refractivity contribution in [1.82, 2.24) is 4.90 Å². The number of rotatable bonds is 13. The Morgan fingerprint density at radius 2 is 1.77 bits per heavy atom. The first-order chi connectivity index (χ1) is 21.4. The van der Waals surface area contributed by atoms with E-state index >= 15 is 0 Å². The summed E-state index contributed by atoms with van der Waals surface area (Å²) in [4.78, 5) is 24.3. The number of azide groups is 1. The third kappa shape index (κ3) is 6.72. The molecule has 11 nitrogen and oxygen atoms in total. The van der Waals surface area contributed by atoms with Crippen LogP contribution in [0.1, 0.15) is 48.5 Å². The van der Waals surface area contributed by atoms with Gasteiger partial charge in [-0.15, -0.1) is 0 Å². The number of hydrogen-bond acceptors (Lipinski definition) is 8. The summed E-state index contributed by atoms with van der Waals surface area (Å²) in [5.74, 6) is 0.190. The van der Waals surface area contributed by atoms with Crippen molar-refractivity contribution < 1.29 is 27.8 Å². The number of sulfone groups is 1. The van der Waals surface area contributed by atoms with Gasteiger partial charge in [0, 0.05) is 43.0 Å². The first-order valence-corrected chi connectivity index (χ1v) is 16.3. The van der Waals surface area contributed by atoms with Crippen molar-refractivity contribution in [2.45, 2.75) is 48.8 Å². The first kappa shape index (κ1) is 31.1. The number of nitrogens with zero attached hydrogens (tertiary/aromatic N) is 5. The molecule has 230 valence electrons. The molecule has 0 spiro atoms. The zero-order chi connectivity index (χ0) is 31.0. The van der Waals surface area contributed by atoms with E-state index < -0.39 is 21.5 Å². The Morgan fingerprint density at radius 1 is 1.07 bits per heavy atom. The summed E-state index contributed by atoms with van der Waals surface area (Å²) >= 11 is 0. The van der Waals surface area contributed by atoms with Gasteiger partial charge in [-0.1, -0.05) is 47.6 Å². The summed E-state index contributed by atoms with van der Waals surface area (Å²) in [5.41, 5.74) is 9.30. The van der Waals surface area contributed by atoms with Gasteiger partial charge in [-0.3, -0.25) is 4.79 Å². The van der Waals surface area contributed by atoms with Crippen molar-refractivity contribution >= 4 is 21.6 Å². The second kappa shape index (κ2) is 13.9. The zero-order valence-corrected chi connectivity index (χ0v) is 25.1.